The van der Waals surface area contributed by atoms with Crippen LogP contribution < -0.4 is 4.74 Å². The monoisotopic (exact) mass is 243 g/mol. The molecular formula is C14H10ClNO. The molecule has 0 unspecified atom stereocenters. The average Bonchev–Trinajstić information content (AvgIpc) is 2.40. The van der Waals surface area contributed by atoms with Crippen molar-refractivity contribution in [2.45, 2.75) is 5.88 Å². The van der Waals surface area contributed by atoms with Gasteiger partial charge in [-0.15, -0.1) is 11.6 Å². The van der Waals surface area contributed by atoms with E-state index in [0.29, 0.717) is 17.2 Å². The standard InChI is InChI=1S/C14H10ClNO/c15-9-11-4-6-13(7-5-11)17-14-3-1-2-12(8-14)10-16/h1-8H,9H2. The zero-order chi connectivity index (χ0) is 12.1. The fraction of sp³-hybridized carbons (Fsp3) is 0.0714. The van der Waals surface area contributed by atoms with E-state index < -0.39 is 0 Å². The fourth-order valence-corrected chi connectivity index (χ4v) is 1.59. The molecule has 0 fully saturated rings. The van der Waals surface area contributed by atoms with Gasteiger partial charge in [-0.25, -0.2) is 0 Å². The first-order valence-corrected chi connectivity index (χ1v) is 5.68. The molecule has 2 aromatic rings. The lowest BCUT2D eigenvalue weighted by Gasteiger charge is -2.06. The number of hydrogen-bond acceptors (Lipinski definition) is 2. The topological polar surface area (TPSA) is 33.0 Å². The molecule has 0 spiro atoms. The molecule has 0 amide bonds. The lowest BCUT2D eigenvalue weighted by molar-refractivity contribution is 0.482. The van der Waals surface area contributed by atoms with E-state index in [2.05, 4.69) is 6.07 Å². The molecule has 84 valence electrons. The van der Waals surface area contributed by atoms with Gasteiger partial charge < -0.3 is 4.74 Å². The summed E-state index contributed by atoms with van der Waals surface area (Å²) in [6.45, 7) is 0. The summed E-state index contributed by atoms with van der Waals surface area (Å²) in [5.74, 6) is 1.88. The summed E-state index contributed by atoms with van der Waals surface area (Å²) in [7, 11) is 0. The molecule has 0 aromatic heterocycles. The summed E-state index contributed by atoms with van der Waals surface area (Å²) in [4.78, 5) is 0. The Balaban J connectivity index is 2.16. The minimum Gasteiger partial charge on any atom is -0.457 e. The number of halogens is 1. The zero-order valence-corrected chi connectivity index (χ0v) is 9.82. The Morgan fingerprint density at radius 1 is 1.06 bits per heavy atom. The van der Waals surface area contributed by atoms with E-state index in [-0.39, 0.29) is 0 Å². The second-order valence-corrected chi connectivity index (χ2v) is 3.79. The largest absolute Gasteiger partial charge is 0.457 e. The van der Waals surface area contributed by atoms with E-state index in [9.17, 15) is 0 Å². The predicted octanol–water partition coefficient (Wildman–Crippen LogP) is 4.09. The summed E-state index contributed by atoms with van der Waals surface area (Å²) >= 11 is 5.70. The number of hydrogen-bond donors (Lipinski definition) is 0. The molecule has 2 aromatic carbocycles. The SMILES string of the molecule is N#Cc1cccc(Oc2ccc(CCl)cc2)c1. The molecule has 0 saturated carbocycles. The van der Waals surface area contributed by atoms with Crippen LogP contribution in [0.5, 0.6) is 11.5 Å². The molecule has 0 aliphatic carbocycles. The van der Waals surface area contributed by atoms with Gasteiger partial charge in [0.25, 0.3) is 0 Å². The Morgan fingerprint density at radius 2 is 1.82 bits per heavy atom. The molecule has 0 aliphatic heterocycles. The van der Waals surface area contributed by atoms with Crippen molar-refractivity contribution in [2.75, 3.05) is 0 Å². The normalized spacial score (nSPS) is 9.65. The predicted molar refractivity (Wildman–Crippen MR) is 67.2 cm³/mol. The molecule has 2 nitrogen and oxygen atoms in total. The van der Waals surface area contributed by atoms with Gasteiger partial charge in [0, 0.05) is 5.88 Å². The van der Waals surface area contributed by atoms with Gasteiger partial charge in [0.1, 0.15) is 11.5 Å². The van der Waals surface area contributed by atoms with Crippen molar-refractivity contribution < 1.29 is 4.74 Å². The number of rotatable bonds is 3. The molecule has 0 N–H and O–H groups in total. The Kier molecular flexibility index (Phi) is 3.64. The highest BCUT2D eigenvalue weighted by atomic mass is 35.5. The van der Waals surface area contributed by atoms with Gasteiger partial charge in [-0.2, -0.15) is 5.26 Å². The number of ether oxygens (including phenoxy) is 1. The highest BCUT2D eigenvalue weighted by Crippen LogP contribution is 2.22. The van der Waals surface area contributed by atoms with Crippen molar-refractivity contribution in [3.63, 3.8) is 0 Å². The van der Waals surface area contributed by atoms with Gasteiger partial charge in [0.15, 0.2) is 0 Å². The van der Waals surface area contributed by atoms with Crippen LogP contribution in [-0.4, -0.2) is 0 Å². The van der Waals surface area contributed by atoms with Crippen molar-refractivity contribution in [2.24, 2.45) is 0 Å². The first kappa shape index (κ1) is 11.5. The van der Waals surface area contributed by atoms with Crippen molar-refractivity contribution in [3.8, 4) is 17.6 Å². The lowest BCUT2D eigenvalue weighted by atomic mass is 10.2. The van der Waals surface area contributed by atoms with Crippen LogP contribution in [0.1, 0.15) is 11.1 Å². The van der Waals surface area contributed by atoms with Crippen LogP contribution in [0.3, 0.4) is 0 Å². The Hall–Kier alpha value is -1.98. The van der Waals surface area contributed by atoms with Crippen molar-refractivity contribution in [3.05, 3.63) is 59.7 Å². The number of nitriles is 1. The number of benzene rings is 2. The maximum Gasteiger partial charge on any atom is 0.128 e. The maximum absolute atomic E-state index is 8.78. The van der Waals surface area contributed by atoms with Crippen molar-refractivity contribution in [1.29, 1.82) is 5.26 Å². The minimum absolute atomic E-state index is 0.490. The van der Waals surface area contributed by atoms with Crippen LogP contribution >= 0.6 is 11.6 Å². The van der Waals surface area contributed by atoms with E-state index in [1.165, 1.54) is 0 Å². The summed E-state index contributed by atoms with van der Waals surface area (Å²) in [6.07, 6.45) is 0. The zero-order valence-electron chi connectivity index (χ0n) is 9.06. The first-order valence-electron chi connectivity index (χ1n) is 5.15. The van der Waals surface area contributed by atoms with E-state index in [0.717, 1.165) is 11.3 Å². The van der Waals surface area contributed by atoms with E-state index in [1.54, 1.807) is 18.2 Å². The molecule has 0 aliphatic rings. The summed E-state index contributed by atoms with van der Waals surface area (Å²) in [5.41, 5.74) is 1.63. The molecule has 0 heterocycles. The van der Waals surface area contributed by atoms with Crippen LogP contribution in [0.4, 0.5) is 0 Å². The van der Waals surface area contributed by atoms with Gasteiger partial charge in [-0.1, -0.05) is 18.2 Å². The number of alkyl halides is 1. The van der Waals surface area contributed by atoms with E-state index in [4.69, 9.17) is 21.6 Å². The molecule has 2 rings (SSSR count). The highest BCUT2D eigenvalue weighted by molar-refractivity contribution is 6.17. The Labute approximate surface area is 105 Å². The molecular weight excluding hydrogens is 234 g/mol. The van der Waals surface area contributed by atoms with Crippen LogP contribution in [-0.2, 0) is 5.88 Å². The Bertz CT molecular complexity index is 543. The van der Waals surface area contributed by atoms with E-state index in [1.807, 2.05) is 30.3 Å². The van der Waals surface area contributed by atoms with E-state index >= 15 is 0 Å². The second kappa shape index (κ2) is 5.38. The second-order valence-electron chi connectivity index (χ2n) is 3.52. The van der Waals surface area contributed by atoms with Crippen molar-refractivity contribution >= 4 is 11.6 Å². The fourth-order valence-electron chi connectivity index (χ4n) is 1.41. The van der Waals surface area contributed by atoms with Gasteiger partial charge in [0.05, 0.1) is 11.6 Å². The van der Waals surface area contributed by atoms with Crippen molar-refractivity contribution in [1.82, 2.24) is 0 Å². The first-order chi connectivity index (χ1) is 8.31. The Morgan fingerprint density at radius 3 is 2.47 bits per heavy atom. The molecule has 17 heavy (non-hydrogen) atoms. The molecule has 0 bridgehead atoms. The third kappa shape index (κ3) is 2.99. The molecule has 0 saturated heterocycles. The minimum atomic E-state index is 0.490. The van der Waals surface area contributed by atoms with Gasteiger partial charge in [0.2, 0.25) is 0 Å². The summed E-state index contributed by atoms with van der Waals surface area (Å²) in [5, 5.41) is 8.78. The van der Waals surface area contributed by atoms with Crippen LogP contribution in [0.15, 0.2) is 48.5 Å². The third-order valence-corrected chi connectivity index (χ3v) is 2.59. The quantitative estimate of drug-likeness (QED) is 0.761. The maximum atomic E-state index is 8.78. The van der Waals surface area contributed by atoms with Gasteiger partial charge in [-0.05, 0) is 35.9 Å². The average molecular weight is 244 g/mol. The lowest BCUT2D eigenvalue weighted by Crippen LogP contribution is -1.85. The van der Waals surface area contributed by atoms with Crippen LogP contribution in [0, 0.1) is 11.3 Å². The molecule has 0 radical (unpaired) electrons. The third-order valence-electron chi connectivity index (χ3n) is 2.28. The molecule has 0 atom stereocenters. The summed E-state index contributed by atoms with van der Waals surface area (Å²) < 4.78 is 5.63. The molecule has 3 heteroatoms. The van der Waals surface area contributed by atoms with Crippen LogP contribution in [0.2, 0.25) is 0 Å². The van der Waals surface area contributed by atoms with Gasteiger partial charge in [-0.3, -0.25) is 0 Å². The highest BCUT2D eigenvalue weighted by Gasteiger charge is 1.99. The van der Waals surface area contributed by atoms with Crippen LogP contribution in [0.25, 0.3) is 0 Å². The van der Waals surface area contributed by atoms with Gasteiger partial charge >= 0.3 is 0 Å². The smallest absolute Gasteiger partial charge is 0.128 e. The summed E-state index contributed by atoms with van der Waals surface area (Å²) in [6, 6.07) is 16.7. The number of nitrogens with zero attached hydrogens (tertiary/aromatic N) is 1.